The van der Waals surface area contributed by atoms with Gasteiger partial charge in [-0.15, -0.1) is 0 Å². The molecule has 1 fully saturated rings. The van der Waals surface area contributed by atoms with Gasteiger partial charge < -0.3 is 5.32 Å². The number of fused-ring (bicyclic) bond motifs is 1. The minimum atomic E-state index is -2.49. The number of benzene rings is 1. The Kier molecular flexibility index (Phi) is 6.66. The van der Waals surface area contributed by atoms with Crippen molar-refractivity contribution >= 4 is 44.0 Å². The molecule has 3 aromatic heterocycles. The number of carbonyl (C=O) groups excluding carboxylic acids is 1. The Morgan fingerprint density at radius 1 is 1.08 bits per heavy atom. The van der Waals surface area contributed by atoms with Crippen LogP contribution in [0.15, 0.2) is 49.1 Å². The third-order valence-electron chi connectivity index (χ3n) is 5.98. The summed E-state index contributed by atoms with van der Waals surface area (Å²) in [5.74, 6) is 3.28. The molecule has 0 spiro atoms. The van der Waals surface area contributed by atoms with Crippen molar-refractivity contribution in [3.63, 3.8) is 0 Å². The molecule has 0 radical (unpaired) electrons. The van der Waals surface area contributed by atoms with E-state index in [0.29, 0.717) is 11.1 Å². The SMILES string of the molecule is C=S(C)(=O)Nc1ncc(NC(=O)c2n[nH]c3ccc(-c4cncc(CN5CCCCC5)c4)cc23)cn1. The summed E-state index contributed by atoms with van der Waals surface area (Å²) in [4.78, 5) is 28.1. The maximum absolute atomic E-state index is 13.0. The van der Waals surface area contributed by atoms with E-state index in [-0.39, 0.29) is 11.6 Å². The van der Waals surface area contributed by atoms with E-state index in [4.69, 9.17) is 0 Å². The molecular formula is C25H28N8O2S. The van der Waals surface area contributed by atoms with Crippen LogP contribution in [0.4, 0.5) is 11.6 Å². The Morgan fingerprint density at radius 2 is 1.86 bits per heavy atom. The van der Waals surface area contributed by atoms with Gasteiger partial charge in [0.05, 0.1) is 23.6 Å². The van der Waals surface area contributed by atoms with Gasteiger partial charge in [0.25, 0.3) is 5.91 Å². The van der Waals surface area contributed by atoms with E-state index in [1.165, 1.54) is 43.5 Å². The van der Waals surface area contributed by atoms with Crippen LogP contribution in [0.25, 0.3) is 22.0 Å². The van der Waals surface area contributed by atoms with E-state index in [9.17, 15) is 9.00 Å². The van der Waals surface area contributed by atoms with Crippen LogP contribution in [0.3, 0.4) is 0 Å². The molecule has 0 aliphatic carbocycles. The third kappa shape index (κ3) is 5.69. The average Bonchev–Trinajstić information content (AvgIpc) is 3.29. The summed E-state index contributed by atoms with van der Waals surface area (Å²) in [6.45, 7) is 3.15. The quantitative estimate of drug-likeness (QED) is 0.329. The highest BCUT2D eigenvalue weighted by molar-refractivity contribution is 8.00. The van der Waals surface area contributed by atoms with Gasteiger partial charge in [-0.3, -0.25) is 24.5 Å². The lowest BCUT2D eigenvalue weighted by Gasteiger charge is -2.26. The lowest BCUT2D eigenvalue weighted by Crippen LogP contribution is -2.29. The first kappa shape index (κ1) is 23.9. The van der Waals surface area contributed by atoms with Gasteiger partial charge >= 0.3 is 0 Å². The molecular weight excluding hydrogens is 476 g/mol. The highest BCUT2D eigenvalue weighted by Gasteiger charge is 2.16. The second-order valence-electron chi connectivity index (χ2n) is 9.11. The molecule has 1 aliphatic rings. The van der Waals surface area contributed by atoms with Crippen molar-refractivity contribution in [2.75, 3.05) is 29.4 Å². The van der Waals surface area contributed by atoms with Gasteiger partial charge in [-0.2, -0.15) is 5.10 Å². The molecule has 10 nitrogen and oxygen atoms in total. The van der Waals surface area contributed by atoms with Crippen LogP contribution in [0.1, 0.15) is 35.3 Å². The zero-order valence-corrected chi connectivity index (χ0v) is 20.8. The molecule has 4 aromatic rings. The summed E-state index contributed by atoms with van der Waals surface area (Å²) in [5.41, 5.74) is 4.54. The summed E-state index contributed by atoms with van der Waals surface area (Å²) in [6, 6.07) is 8.02. The normalized spacial score (nSPS) is 15.9. The number of rotatable bonds is 7. The van der Waals surface area contributed by atoms with Crippen LogP contribution < -0.4 is 10.0 Å². The summed E-state index contributed by atoms with van der Waals surface area (Å²) in [6.07, 6.45) is 11.9. The monoisotopic (exact) mass is 504 g/mol. The molecule has 1 unspecified atom stereocenters. The van der Waals surface area contributed by atoms with Crippen LogP contribution >= 0.6 is 0 Å². The molecule has 11 heteroatoms. The summed E-state index contributed by atoms with van der Waals surface area (Å²) >= 11 is 0. The highest BCUT2D eigenvalue weighted by atomic mass is 32.2. The minimum Gasteiger partial charge on any atom is -0.318 e. The van der Waals surface area contributed by atoms with E-state index in [1.54, 1.807) is 0 Å². The number of anilines is 2. The molecule has 5 rings (SSSR count). The fourth-order valence-corrected chi connectivity index (χ4v) is 4.79. The van der Waals surface area contributed by atoms with Gasteiger partial charge in [0.1, 0.15) is 0 Å². The second-order valence-corrected chi connectivity index (χ2v) is 11.3. The Morgan fingerprint density at radius 3 is 2.61 bits per heavy atom. The number of piperidine rings is 1. The van der Waals surface area contributed by atoms with Crippen molar-refractivity contribution < 1.29 is 9.00 Å². The Labute approximate surface area is 209 Å². The number of aromatic amines is 1. The summed E-state index contributed by atoms with van der Waals surface area (Å²) in [5, 5.41) is 10.6. The molecule has 186 valence electrons. The van der Waals surface area contributed by atoms with E-state index in [2.05, 4.69) is 52.0 Å². The van der Waals surface area contributed by atoms with Gasteiger partial charge in [0.15, 0.2) is 5.69 Å². The molecule has 1 aliphatic heterocycles. The van der Waals surface area contributed by atoms with Crippen LogP contribution in [-0.4, -0.2) is 65.4 Å². The molecule has 1 amide bonds. The molecule has 0 bridgehead atoms. The van der Waals surface area contributed by atoms with E-state index in [1.807, 2.05) is 30.6 Å². The number of pyridine rings is 1. The molecule has 1 aromatic carbocycles. The molecule has 4 heterocycles. The zero-order valence-electron chi connectivity index (χ0n) is 20.0. The number of hydrogen-bond donors (Lipinski definition) is 3. The van der Waals surface area contributed by atoms with Crippen molar-refractivity contribution in [2.24, 2.45) is 0 Å². The average molecular weight is 505 g/mol. The number of carbonyl (C=O) groups is 1. The number of H-pyrrole nitrogens is 1. The van der Waals surface area contributed by atoms with Crippen molar-refractivity contribution in [1.29, 1.82) is 0 Å². The first-order valence-corrected chi connectivity index (χ1v) is 13.9. The lowest BCUT2D eigenvalue weighted by molar-refractivity contribution is 0.102. The van der Waals surface area contributed by atoms with Gasteiger partial charge in [-0.25, -0.2) is 14.2 Å². The number of nitrogens with zero attached hydrogens (tertiary/aromatic N) is 5. The summed E-state index contributed by atoms with van der Waals surface area (Å²) < 4.78 is 14.4. The molecule has 1 saturated heterocycles. The minimum absolute atomic E-state index is 0.168. The maximum atomic E-state index is 13.0. The smallest absolute Gasteiger partial charge is 0.276 e. The van der Waals surface area contributed by atoms with Gasteiger partial charge in [0, 0.05) is 45.9 Å². The fraction of sp³-hybridized carbons (Fsp3) is 0.280. The topological polar surface area (TPSA) is 129 Å². The molecule has 1 atom stereocenters. The van der Waals surface area contributed by atoms with E-state index in [0.717, 1.165) is 36.3 Å². The second kappa shape index (κ2) is 10.0. The number of amides is 1. The number of aromatic nitrogens is 5. The van der Waals surface area contributed by atoms with Gasteiger partial charge in [-0.05, 0) is 61.1 Å². The first-order chi connectivity index (χ1) is 17.3. The molecule has 36 heavy (non-hydrogen) atoms. The van der Waals surface area contributed by atoms with E-state index >= 15 is 0 Å². The first-order valence-electron chi connectivity index (χ1n) is 11.7. The number of hydrogen-bond acceptors (Lipinski definition) is 7. The van der Waals surface area contributed by atoms with Crippen LogP contribution in [-0.2, 0) is 16.3 Å². The van der Waals surface area contributed by atoms with Crippen molar-refractivity contribution in [2.45, 2.75) is 25.8 Å². The highest BCUT2D eigenvalue weighted by Crippen LogP contribution is 2.26. The largest absolute Gasteiger partial charge is 0.318 e. The van der Waals surface area contributed by atoms with Crippen LogP contribution in [0, 0.1) is 0 Å². The predicted molar refractivity (Wildman–Crippen MR) is 143 cm³/mol. The van der Waals surface area contributed by atoms with Crippen LogP contribution in [0.5, 0.6) is 0 Å². The Hall–Kier alpha value is -3.83. The number of nitrogens with one attached hydrogen (secondary N) is 3. The summed E-state index contributed by atoms with van der Waals surface area (Å²) in [7, 11) is -2.49. The van der Waals surface area contributed by atoms with Crippen LogP contribution in [0.2, 0.25) is 0 Å². The molecule has 3 N–H and O–H groups in total. The van der Waals surface area contributed by atoms with Crippen molar-refractivity contribution in [3.05, 3.63) is 60.3 Å². The van der Waals surface area contributed by atoms with Crippen molar-refractivity contribution in [3.8, 4) is 11.1 Å². The van der Waals surface area contributed by atoms with E-state index < -0.39 is 15.6 Å². The number of likely N-dealkylation sites (tertiary alicyclic amines) is 1. The lowest BCUT2D eigenvalue weighted by atomic mass is 10.0. The standard InChI is InChI=1S/C25H28N8O2S/c1-36(2,35)32-25-27-14-20(15-28-25)29-24(34)23-21-11-18(6-7-22(21)30-31-23)19-10-17(12-26-13-19)16-33-8-4-3-5-9-33/h6-7,10-15H,1,3-5,8-9,16H2,2H3,(H,29,34)(H,30,31)(H,27,28,32,35). The maximum Gasteiger partial charge on any atom is 0.276 e. The third-order valence-corrected chi connectivity index (χ3v) is 6.59. The Balaban J connectivity index is 1.35. The van der Waals surface area contributed by atoms with Crippen molar-refractivity contribution in [1.82, 2.24) is 30.0 Å². The zero-order chi connectivity index (χ0) is 25.1. The Bertz CT molecular complexity index is 1490. The van der Waals surface area contributed by atoms with Gasteiger partial charge in [0.2, 0.25) is 5.95 Å². The molecule has 0 saturated carbocycles. The van der Waals surface area contributed by atoms with Gasteiger partial charge in [-0.1, -0.05) is 12.5 Å². The predicted octanol–water partition coefficient (Wildman–Crippen LogP) is 3.33. The fourth-order valence-electron chi connectivity index (χ4n) is 4.30.